The third kappa shape index (κ3) is 3.45. The molecule has 4 nitrogen and oxygen atoms in total. The molecule has 0 bridgehead atoms. The molecule has 0 aromatic rings. The van der Waals surface area contributed by atoms with Crippen molar-refractivity contribution in [2.24, 2.45) is 5.41 Å². The van der Waals surface area contributed by atoms with Crippen LogP contribution in [0.2, 0.25) is 0 Å². The molecule has 0 heterocycles. The SMILES string of the molecule is CNCCC(CCC#N)(C(C)=O)C(C)=O. The van der Waals surface area contributed by atoms with Crippen molar-refractivity contribution in [2.75, 3.05) is 13.6 Å². The number of carbonyl (C=O) groups is 2. The fourth-order valence-electron chi connectivity index (χ4n) is 1.68. The number of nitrogens with one attached hydrogen (secondary N) is 1. The van der Waals surface area contributed by atoms with Crippen LogP contribution in [0.15, 0.2) is 0 Å². The van der Waals surface area contributed by atoms with E-state index in [-0.39, 0.29) is 18.0 Å². The number of carbonyl (C=O) groups excluding carboxylic acids is 2. The topological polar surface area (TPSA) is 70.0 Å². The molecule has 84 valence electrons. The molecule has 0 rings (SSSR count). The van der Waals surface area contributed by atoms with Crippen LogP contribution < -0.4 is 5.32 Å². The zero-order chi connectivity index (χ0) is 11.9. The van der Waals surface area contributed by atoms with E-state index >= 15 is 0 Å². The van der Waals surface area contributed by atoms with Crippen LogP contribution in [-0.4, -0.2) is 25.2 Å². The van der Waals surface area contributed by atoms with Crippen molar-refractivity contribution in [3.05, 3.63) is 0 Å². The summed E-state index contributed by atoms with van der Waals surface area (Å²) in [6.45, 7) is 3.45. The predicted molar refractivity (Wildman–Crippen MR) is 57.2 cm³/mol. The summed E-state index contributed by atoms with van der Waals surface area (Å²) >= 11 is 0. The summed E-state index contributed by atoms with van der Waals surface area (Å²) < 4.78 is 0. The summed E-state index contributed by atoms with van der Waals surface area (Å²) in [5, 5.41) is 11.5. The third-order valence-electron chi connectivity index (χ3n) is 2.81. The van der Waals surface area contributed by atoms with E-state index in [1.165, 1.54) is 13.8 Å². The van der Waals surface area contributed by atoms with Crippen LogP contribution in [0.3, 0.4) is 0 Å². The van der Waals surface area contributed by atoms with Crippen molar-refractivity contribution < 1.29 is 9.59 Å². The molecule has 0 atom stereocenters. The standard InChI is InChI=1S/C11H18N2O2/c1-9(14)11(10(2)15,5-4-7-12)6-8-13-3/h13H,4-6,8H2,1-3H3. The van der Waals surface area contributed by atoms with Crippen LogP contribution in [0.4, 0.5) is 0 Å². The Balaban J connectivity index is 4.83. The summed E-state index contributed by atoms with van der Waals surface area (Å²) in [6.07, 6.45) is 1.04. The Bertz CT molecular complexity index is 265. The van der Waals surface area contributed by atoms with Crippen LogP contribution in [-0.2, 0) is 9.59 Å². The van der Waals surface area contributed by atoms with E-state index < -0.39 is 5.41 Å². The molecule has 0 unspecified atom stereocenters. The first-order chi connectivity index (χ1) is 7.01. The molecule has 1 N–H and O–H groups in total. The molecular weight excluding hydrogens is 192 g/mol. The average Bonchev–Trinajstić information content (AvgIpc) is 2.17. The second kappa shape index (κ2) is 6.31. The van der Waals surface area contributed by atoms with Gasteiger partial charge in [0.1, 0.15) is 11.6 Å². The lowest BCUT2D eigenvalue weighted by atomic mass is 9.74. The predicted octanol–water partition coefficient (Wildman–Crippen LogP) is 1.06. The lowest BCUT2D eigenvalue weighted by molar-refractivity contribution is -0.139. The van der Waals surface area contributed by atoms with Gasteiger partial charge in [-0.25, -0.2) is 0 Å². The molecule has 0 saturated carbocycles. The van der Waals surface area contributed by atoms with E-state index in [1.54, 1.807) is 7.05 Å². The maximum atomic E-state index is 11.6. The minimum Gasteiger partial charge on any atom is -0.320 e. The molecule has 0 aliphatic carbocycles. The highest BCUT2D eigenvalue weighted by atomic mass is 16.2. The Kier molecular flexibility index (Phi) is 5.80. The molecule has 0 aromatic carbocycles. The fourth-order valence-corrected chi connectivity index (χ4v) is 1.68. The average molecular weight is 210 g/mol. The minimum atomic E-state index is -0.960. The zero-order valence-corrected chi connectivity index (χ0v) is 9.59. The van der Waals surface area contributed by atoms with Crippen LogP contribution in [0.5, 0.6) is 0 Å². The van der Waals surface area contributed by atoms with E-state index in [4.69, 9.17) is 5.26 Å². The van der Waals surface area contributed by atoms with Gasteiger partial charge in [-0.2, -0.15) is 5.26 Å². The molecule has 0 fully saturated rings. The van der Waals surface area contributed by atoms with Crippen LogP contribution in [0.1, 0.15) is 33.1 Å². The molecule has 0 aliphatic rings. The number of rotatable bonds is 7. The van der Waals surface area contributed by atoms with Crippen LogP contribution in [0, 0.1) is 16.7 Å². The Labute approximate surface area is 90.7 Å². The lowest BCUT2D eigenvalue weighted by Gasteiger charge is -2.27. The van der Waals surface area contributed by atoms with Gasteiger partial charge in [0.25, 0.3) is 0 Å². The Morgan fingerprint density at radius 2 is 1.80 bits per heavy atom. The molecule has 0 saturated heterocycles. The number of nitriles is 1. The summed E-state index contributed by atoms with van der Waals surface area (Å²) in [7, 11) is 1.77. The molecule has 15 heavy (non-hydrogen) atoms. The van der Waals surface area contributed by atoms with Crippen molar-refractivity contribution in [3.63, 3.8) is 0 Å². The van der Waals surface area contributed by atoms with Gasteiger partial charge in [-0.05, 0) is 40.3 Å². The van der Waals surface area contributed by atoms with Gasteiger partial charge in [0, 0.05) is 6.42 Å². The Morgan fingerprint density at radius 1 is 1.27 bits per heavy atom. The zero-order valence-electron chi connectivity index (χ0n) is 9.59. The lowest BCUT2D eigenvalue weighted by Crippen LogP contribution is -2.39. The number of Topliss-reactive ketones (excluding diaryl/α,β-unsaturated/α-hetero) is 2. The molecule has 0 radical (unpaired) electrons. The molecule has 0 amide bonds. The highest BCUT2D eigenvalue weighted by Crippen LogP contribution is 2.30. The number of ketones is 2. The molecule has 0 aliphatic heterocycles. The fraction of sp³-hybridized carbons (Fsp3) is 0.727. The molecule has 0 aromatic heterocycles. The third-order valence-corrected chi connectivity index (χ3v) is 2.81. The summed E-state index contributed by atoms with van der Waals surface area (Å²) in [6, 6.07) is 1.98. The monoisotopic (exact) mass is 210 g/mol. The Morgan fingerprint density at radius 3 is 2.13 bits per heavy atom. The first-order valence-corrected chi connectivity index (χ1v) is 5.05. The van der Waals surface area contributed by atoms with Gasteiger partial charge < -0.3 is 5.32 Å². The van der Waals surface area contributed by atoms with E-state index in [2.05, 4.69) is 5.32 Å². The van der Waals surface area contributed by atoms with E-state index in [9.17, 15) is 9.59 Å². The van der Waals surface area contributed by atoms with Gasteiger partial charge in [-0.1, -0.05) is 0 Å². The van der Waals surface area contributed by atoms with Crippen LogP contribution >= 0.6 is 0 Å². The molecule has 4 heteroatoms. The quantitative estimate of drug-likeness (QED) is 0.638. The van der Waals surface area contributed by atoms with Gasteiger partial charge >= 0.3 is 0 Å². The normalized spacial score (nSPS) is 10.8. The maximum Gasteiger partial charge on any atom is 0.143 e. The minimum absolute atomic E-state index is 0.138. The first kappa shape index (κ1) is 13.8. The smallest absolute Gasteiger partial charge is 0.143 e. The van der Waals surface area contributed by atoms with Gasteiger partial charge in [-0.3, -0.25) is 9.59 Å². The van der Waals surface area contributed by atoms with Crippen molar-refractivity contribution >= 4 is 11.6 Å². The summed E-state index contributed by atoms with van der Waals surface area (Å²) in [5.41, 5.74) is -0.960. The van der Waals surface area contributed by atoms with Crippen LogP contribution in [0.25, 0.3) is 0 Å². The van der Waals surface area contributed by atoms with E-state index in [1.807, 2.05) is 6.07 Å². The summed E-state index contributed by atoms with van der Waals surface area (Å²) in [4.78, 5) is 23.1. The number of hydrogen-bond acceptors (Lipinski definition) is 4. The van der Waals surface area contributed by atoms with Gasteiger partial charge in [0.2, 0.25) is 0 Å². The van der Waals surface area contributed by atoms with E-state index in [0.717, 1.165) is 0 Å². The van der Waals surface area contributed by atoms with Crippen molar-refractivity contribution in [3.8, 4) is 6.07 Å². The van der Waals surface area contributed by atoms with Gasteiger partial charge in [-0.15, -0.1) is 0 Å². The van der Waals surface area contributed by atoms with Crippen molar-refractivity contribution in [1.29, 1.82) is 5.26 Å². The largest absolute Gasteiger partial charge is 0.320 e. The summed E-state index contributed by atoms with van der Waals surface area (Å²) in [5.74, 6) is -0.277. The number of hydrogen-bond donors (Lipinski definition) is 1. The Hall–Kier alpha value is -1.21. The first-order valence-electron chi connectivity index (χ1n) is 5.05. The van der Waals surface area contributed by atoms with Crippen molar-refractivity contribution in [1.82, 2.24) is 5.32 Å². The van der Waals surface area contributed by atoms with Crippen molar-refractivity contribution in [2.45, 2.75) is 33.1 Å². The second-order valence-electron chi connectivity index (χ2n) is 3.71. The maximum absolute atomic E-state index is 11.6. The number of nitrogens with zero attached hydrogens (tertiary/aromatic N) is 1. The molecular formula is C11H18N2O2. The second-order valence-corrected chi connectivity index (χ2v) is 3.71. The van der Waals surface area contributed by atoms with Gasteiger partial charge in [0.05, 0.1) is 11.5 Å². The molecule has 0 spiro atoms. The van der Waals surface area contributed by atoms with E-state index in [0.29, 0.717) is 19.4 Å². The highest BCUT2D eigenvalue weighted by Gasteiger charge is 2.39. The highest BCUT2D eigenvalue weighted by molar-refractivity contribution is 6.05. The van der Waals surface area contributed by atoms with Gasteiger partial charge in [0.15, 0.2) is 0 Å².